The summed E-state index contributed by atoms with van der Waals surface area (Å²) in [6, 6.07) is 0. The third kappa shape index (κ3) is 65.4. The Morgan fingerprint density at radius 2 is 0.627 bits per heavy atom. The summed E-state index contributed by atoms with van der Waals surface area (Å²) in [5.74, 6) is -0.930. The first-order chi connectivity index (χ1) is 40.8. The van der Waals surface area contributed by atoms with Gasteiger partial charge in [-0.15, -0.1) is 0 Å². The number of hydrogen-bond donors (Lipinski definition) is 2. The number of esters is 2. The Bertz CT molecular complexity index is 2150. The maximum absolute atomic E-state index is 12.7. The van der Waals surface area contributed by atoms with E-state index in [-0.39, 0.29) is 32.6 Å². The largest absolute Gasteiger partial charge is 0.472 e. The Kier molecular flexibility index (Phi) is 61.0. The molecule has 0 fully saturated rings. The van der Waals surface area contributed by atoms with Crippen LogP contribution in [0.25, 0.3) is 0 Å². The van der Waals surface area contributed by atoms with Gasteiger partial charge in [0.25, 0.3) is 0 Å². The number of allylic oxidation sites excluding steroid dienone is 36. The van der Waals surface area contributed by atoms with Crippen LogP contribution in [0.15, 0.2) is 219 Å². The molecule has 9 nitrogen and oxygen atoms in total. The molecule has 0 aromatic carbocycles. The SMILES string of the molecule is CC/C=C\C/C=C\C/C=C\C/C=C\C/C=C\C/C=C\C/C=C\C/C=C\C/C=C\C/C=C\C/C=C\C/C=C\CCCCC(=O)OC(COC(=O)CCCCCC/C=C\C/C=C\C/C=C\C/C=C\C/C=C\C/C=C\CC)COP(=O)(O)OCCN. The molecule has 0 saturated carbocycles. The summed E-state index contributed by atoms with van der Waals surface area (Å²) in [4.78, 5) is 35.2. The number of rotatable bonds is 55. The van der Waals surface area contributed by atoms with E-state index in [4.69, 9.17) is 24.3 Å². The highest BCUT2D eigenvalue weighted by molar-refractivity contribution is 7.47. The van der Waals surface area contributed by atoms with Gasteiger partial charge < -0.3 is 20.1 Å². The molecule has 0 bridgehead atoms. The van der Waals surface area contributed by atoms with Crippen molar-refractivity contribution in [3.63, 3.8) is 0 Å². The fourth-order valence-electron chi connectivity index (χ4n) is 7.32. The van der Waals surface area contributed by atoms with Gasteiger partial charge in [0.1, 0.15) is 6.61 Å². The number of nitrogens with two attached hydrogens (primary N) is 1. The van der Waals surface area contributed by atoms with Crippen molar-refractivity contribution in [2.45, 2.75) is 200 Å². The van der Waals surface area contributed by atoms with Gasteiger partial charge in [0.15, 0.2) is 6.10 Å². The van der Waals surface area contributed by atoms with E-state index in [1.54, 1.807) is 0 Å². The molecule has 3 N–H and O–H groups in total. The number of hydrogen-bond acceptors (Lipinski definition) is 8. The second-order valence-corrected chi connectivity index (χ2v) is 20.9. The highest BCUT2D eigenvalue weighted by Gasteiger charge is 2.26. The first kappa shape index (κ1) is 77.3. The summed E-state index contributed by atoms with van der Waals surface area (Å²) in [5, 5.41) is 0. The summed E-state index contributed by atoms with van der Waals surface area (Å²) in [6.07, 6.45) is 103. The maximum atomic E-state index is 12.7. The molecule has 2 atom stereocenters. The molecule has 0 radical (unpaired) electrons. The predicted molar refractivity (Wildman–Crippen MR) is 357 cm³/mol. The fourth-order valence-corrected chi connectivity index (χ4v) is 8.09. The zero-order valence-corrected chi connectivity index (χ0v) is 52.2. The third-order valence-electron chi connectivity index (χ3n) is 11.9. The molecule has 10 heteroatoms. The first-order valence-corrected chi connectivity index (χ1v) is 32.7. The molecule has 0 spiro atoms. The van der Waals surface area contributed by atoms with Crippen molar-refractivity contribution in [3.05, 3.63) is 219 Å². The van der Waals surface area contributed by atoms with Crippen molar-refractivity contribution in [2.75, 3.05) is 26.4 Å². The van der Waals surface area contributed by atoms with Crippen LogP contribution in [-0.4, -0.2) is 49.3 Å². The number of ether oxygens (including phenoxy) is 2. The second-order valence-electron chi connectivity index (χ2n) is 19.5. The summed E-state index contributed by atoms with van der Waals surface area (Å²) < 4.78 is 33.0. The number of carbonyl (C=O) groups is 2. The van der Waals surface area contributed by atoms with Gasteiger partial charge in [-0.25, -0.2) is 4.57 Å². The minimum atomic E-state index is -4.43. The zero-order chi connectivity index (χ0) is 60.1. The quantitative estimate of drug-likeness (QED) is 0.0264. The summed E-state index contributed by atoms with van der Waals surface area (Å²) >= 11 is 0. The van der Waals surface area contributed by atoms with E-state index in [1.165, 1.54) is 0 Å². The summed E-state index contributed by atoms with van der Waals surface area (Å²) in [7, 11) is -4.43. The molecular weight excluding hydrogens is 1050 g/mol. The minimum Gasteiger partial charge on any atom is -0.462 e. The monoisotopic (exact) mass is 1160 g/mol. The molecule has 460 valence electrons. The van der Waals surface area contributed by atoms with Gasteiger partial charge >= 0.3 is 19.8 Å². The van der Waals surface area contributed by atoms with Crippen LogP contribution in [-0.2, 0) is 32.7 Å². The van der Waals surface area contributed by atoms with E-state index < -0.39 is 32.5 Å². The van der Waals surface area contributed by atoms with Crippen molar-refractivity contribution in [3.8, 4) is 0 Å². The molecule has 0 aromatic heterocycles. The lowest BCUT2D eigenvalue weighted by Crippen LogP contribution is -2.29. The lowest BCUT2D eigenvalue weighted by atomic mass is 10.1. The first-order valence-electron chi connectivity index (χ1n) is 31.2. The van der Waals surface area contributed by atoms with Crippen LogP contribution < -0.4 is 5.73 Å². The van der Waals surface area contributed by atoms with E-state index >= 15 is 0 Å². The van der Waals surface area contributed by atoms with Crippen molar-refractivity contribution < 1.29 is 37.6 Å². The predicted octanol–water partition coefficient (Wildman–Crippen LogP) is 20.5. The van der Waals surface area contributed by atoms with Gasteiger partial charge in [-0.2, -0.15) is 0 Å². The van der Waals surface area contributed by atoms with Crippen molar-refractivity contribution in [1.82, 2.24) is 0 Å². The molecule has 0 amide bonds. The average molecular weight is 1160 g/mol. The summed E-state index contributed by atoms with van der Waals surface area (Å²) in [5.41, 5.74) is 5.38. The molecule has 83 heavy (non-hydrogen) atoms. The van der Waals surface area contributed by atoms with Crippen LogP contribution in [0.4, 0.5) is 0 Å². The molecule has 0 heterocycles. The second kappa shape index (κ2) is 65.5. The Balaban J connectivity index is 4.17. The van der Waals surface area contributed by atoms with Crippen LogP contribution in [0.3, 0.4) is 0 Å². The molecule has 0 aliphatic rings. The van der Waals surface area contributed by atoms with Gasteiger partial charge in [0, 0.05) is 19.4 Å². The molecule has 0 rings (SSSR count). The third-order valence-corrected chi connectivity index (χ3v) is 12.8. The van der Waals surface area contributed by atoms with Gasteiger partial charge in [0.05, 0.1) is 13.2 Å². The molecule has 2 unspecified atom stereocenters. The molecule has 0 aromatic rings. The van der Waals surface area contributed by atoms with E-state index in [9.17, 15) is 19.0 Å². The highest BCUT2D eigenvalue weighted by Crippen LogP contribution is 2.43. The van der Waals surface area contributed by atoms with Gasteiger partial charge in [0.2, 0.25) is 0 Å². The normalized spacial score (nSPS) is 14.5. The lowest BCUT2D eigenvalue weighted by molar-refractivity contribution is -0.161. The van der Waals surface area contributed by atoms with Crippen molar-refractivity contribution in [1.29, 1.82) is 0 Å². The van der Waals surface area contributed by atoms with Crippen molar-refractivity contribution >= 4 is 19.8 Å². The van der Waals surface area contributed by atoms with E-state index in [1.807, 2.05) is 0 Å². The Morgan fingerprint density at radius 3 is 0.940 bits per heavy atom. The molecular formula is C73H110NO8P. The van der Waals surface area contributed by atoms with Crippen LogP contribution in [0, 0.1) is 0 Å². The highest BCUT2D eigenvalue weighted by atomic mass is 31.2. The van der Waals surface area contributed by atoms with E-state index in [2.05, 4.69) is 233 Å². The standard InChI is InChI=1S/C73H110NO8P/c1-3-5-7-9-11-13-15-17-19-21-23-25-27-28-29-30-31-32-33-34-35-36-37-38-39-40-41-42-44-46-48-50-52-54-56-58-60-62-64-66-73(76)82-71(70-81-83(77,78)80-68-67-74)69-79-72(75)65-63-61-59-57-55-53-51-49-47-45-43-26-24-22-20-18-16-14-12-10-8-6-4-2/h5-8,11-14,17-20,23-26,28-29,31-32,34-35,37-38,40-41,44-47,50-53,56,58,71H,3-4,9-10,15-16,21-22,27,30,33,36,39,42-43,48-49,54-55,57,59-70,74H2,1-2H3,(H,77,78)/b7-5-,8-6-,13-11-,14-12-,19-17-,20-18-,25-23-,26-24-,29-28-,32-31-,35-34-,38-37-,41-40-,46-44-,47-45-,52-50-,53-51-,58-56-. The summed E-state index contributed by atoms with van der Waals surface area (Å²) in [6.45, 7) is 3.39. The Morgan fingerprint density at radius 1 is 0.361 bits per heavy atom. The van der Waals surface area contributed by atoms with Crippen molar-refractivity contribution in [2.24, 2.45) is 5.73 Å². The number of unbranched alkanes of at least 4 members (excludes halogenated alkanes) is 6. The van der Waals surface area contributed by atoms with E-state index in [0.717, 1.165) is 154 Å². The van der Waals surface area contributed by atoms with Crippen LogP contribution in [0.2, 0.25) is 0 Å². The lowest BCUT2D eigenvalue weighted by Gasteiger charge is -2.19. The van der Waals surface area contributed by atoms with Gasteiger partial charge in [-0.05, 0) is 154 Å². The zero-order valence-electron chi connectivity index (χ0n) is 51.3. The van der Waals surface area contributed by atoms with Gasteiger partial charge in [-0.1, -0.05) is 245 Å². The van der Waals surface area contributed by atoms with Crippen LogP contribution in [0.5, 0.6) is 0 Å². The van der Waals surface area contributed by atoms with Crippen LogP contribution >= 0.6 is 7.82 Å². The number of phosphoric ester groups is 1. The Labute approximate surface area is 505 Å². The smallest absolute Gasteiger partial charge is 0.462 e. The molecule has 0 saturated heterocycles. The maximum Gasteiger partial charge on any atom is 0.472 e. The van der Waals surface area contributed by atoms with E-state index in [0.29, 0.717) is 12.8 Å². The topological polar surface area (TPSA) is 134 Å². The number of carbonyl (C=O) groups excluding carboxylic acids is 2. The Hall–Kier alpha value is -5.67. The molecule has 0 aliphatic carbocycles. The number of phosphoric acid groups is 1. The molecule has 0 aliphatic heterocycles. The average Bonchev–Trinajstić information content (AvgIpc) is 3.48. The van der Waals surface area contributed by atoms with Gasteiger partial charge in [-0.3, -0.25) is 18.6 Å². The fraction of sp³-hybridized carbons (Fsp3) is 0.479. The minimum absolute atomic E-state index is 0.0291. The van der Waals surface area contributed by atoms with Crippen LogP contribution in [0.1, 0.15) is 194 Å².